The Morgan fingerprint density at radius 3 is 3.17 bits per heavy atom. The molecule has 0 aliphatic heterocycles. The molecule has 0 amide bonds. The molecule has 4 rings (SSSR count). The highest BCUT2D eigenvalue weighted by Crippen LogP contribution is 2.39. The number of rotatable bonds is 4. The third-order valence-electron chi connectivity index (χ3n) is 4.54. The fraction of sp³-hybridized carbons (Fsp3) is 0.500. The minimum Gasteiger partial charge on any atom is -0.362 e. The molecule has 0 saturated heterocycles. The van der Waals surface area contributed by atoms with Crippen molar-refractivity contribution in [3.63, 3.8) is 0 Å². The van der Waals surface area contributed by atoms with Crippen molar-refractivity contribution in [3.8, 4) is 0 Å². The van der Waals surface area contributed by atoms with Crippen LogP contribution in [0.4, 0.5) is 5.82 Å². The molecule has 0 saturated carbocycles. The number of nitrogens with zero attached hydrogens (tertiary/aromatic N) is 5. The molecule has 120 valence electrons. The van der Waals surface area contributed by atoms with Gasteiger partial charge in [-0.15, -0.1) is 21.5 Å². The Labute approximate surface area is 139 Å². The molecule has 3 aromatic heterocycles. The van der Waals surface area contributed by atoms with E-state index in [0.717, 1.165) is 35.4 Å². The maximum absolute atomic E-state index is 4.49. The molecule has 1 N–H and O–H groups in total. The zero-order chi connectivity index (χ0) is 15.8. The third kappa shape index (κ3) is 2.59. The van der Waals surface area contributed by atoms with E-state index in [1.807, 2.05) is 15.9 Å². The monoisotopic (exact) mass is 328 g/mol. The van der Waals surface area contributed by atoms with E-state index in [9.17, 15) is 0 Å². The largest absolute Gasteiger partial charge is 0.362 e. The number of aryl methyl sites for hydroxylation is 2. The van der Waals surface area contributed by atoms with Crippen molar-refractivity contribution in [1.82, 2.24) is 24.7 Å². The Morgan fingerprint density at radius 1 is 1.39 bits per heavy atom. The molecule has 1 aliphatic carbocycles. The SMILES string of the molecule is CCn1cnnc1CNc1ncnc2sc3c(c12)CC[C@H](C)C3. The van der Waals surface area contributed by atoms with Crippen molar-refractivity contribution in [2.24, 2.45) is 5.92 Å². The van der Waals surface area contributed by atoms with Crippen molar-refractivity contribution in [1.29, 1.82) is 0 Å². The number of anilines is 1. The van der Waals surface area contributed by atoms with Crippen LogP contribution in [0.15, 0.2) is 12.7 Å². The lowest BCUT2D eigenvalue weighted by atomic mass is 9.89. The maximum Gasteiger partial charge on any atom is 0.152 e. The summed E-state index contributed by atoms with van der Waals surface area (Å²) in [6, 6.07) is 0. The van der Waals surface area contributed by atoms with Crippen LogP contribution in [-0.2, 0) is 25.9 Å². The van der Waals surface area contributed by atoms with Crippen LogP contribution in [0.2, 0.25) is 0 Å². The highest BCUT2D eigenvalue weighted by molar-refractivity contribution is 7.19. The number of thiophene rings is 1. The van der Waals surface area contributed by atoms with Crippen LogP contribution in [0, 0.1) is 5.92 Å². The lowest BCUT2D eigenvalue weighted by molar-refractivity contribution is 0.509. The number of hydrogen-bond donors (Lipinski definition) is 1. The van der Waals surface area contributed by atoms with Gasteiger partial charge in [0.05, 0.1) is 11.9 Å². The van der Waals surface area contributed by atoms with E-state index in [1.54, 1.807) is 12.7 Å². The van der Waals surface area contributed by atoms with E-state index < -0.39 is 0 Å². The molecule has 1 aliphatic rings. The van der Waals surface area contributed by atoms with Gasteiger partial charge in [0.1, 0.15) is 23.3 Å². The summed E-state index contributed by atoms with van der Waals surface area (Å²) in [7, 11) is 0. The minimum absolute atomic E-state index is 0.626. The van der Waals surface area contributed by atoms with Gasteiger partial charge in [0.2, 0.25) is 0 Å². The molecule has 23 heavy (non-hydrogen) atoms. The summed E-state index contributed by atoms with van der Waals surface area (Å²) in [4.78, 5) is 11.6. The first-order valence-corrected chi connectivity index (χ1v) is 8.93. The standard InChI is InChI=1S/C16H20N6S/c1-3-22-9-20-21-13(22)7-17-15-14-11-5-4-10(2)6-12(11)23-16(14)19-8-18-15/h8-10H,3-7H2,1-2H3,(H,17,18,19)/t10-/m0/s1. The zero-order valence-corrected chi connectivity index (χ0v) is 14.2. The van der Waals surface area contributed by atoms with Crippen LogP contribution in [0.3, 0.4) is 0 Å². The summed E-state index contributed by atoms with van der Waals surface area (Å²) in [5, 5.41) is 12.8. The highest BCUT2D eigenvalue weighted by Gasteiger charge is 2.23. The molecule has 0 radical (unpaired) electrons. The second-order valence-corrected chi connectivity index (χ2v) is 7.22. The molecule has 3 aromatic rings. The van der Waals surface area contributed by atoms with Crippen LogP contribution in [0.5, 0.6) is 0 Å². The van der Waals surface area contributed by atoms with Gasteiger partial charge in [-0.1, -0.05) is 6.92 Å². The molecule has 0 aromatic carbocycles. The topological polar surface area (TPSA) is 68.5 Å². The Balaban J connectivity index is 1.67. The van der Waals surface area contributed by atoms with Crippen LogP contribution >= 0.6 is 11.3 Å². The molecule has 6 nitrogen and oxygen atoms in total. The first-order chi connectivity index (χ1) is 11.3. The molecular formula is C16H20N6S. The van der Waals surface area contributed by atoms with E-state index in [4.69, 9.17) is 0 Å². The normalized spacial score (nSPS) is 17.4. The van der Waals surface area contributed by atoms with Crippen molar-refractivity contribution in [3.05, 3.63) is 28.9 Å². The Kier molecular flexibility index (Phi) is 3.72. The molecular weight excluding hydrogens is 308 g/mol. The second-order valence-electron chi connectivity index (χ2n) is 6.14. The second kappa shape index (κ2) is 5.88. The van der Waals surface area contributed by atoms with Gasteiger partial charge in [-0.05, 0) is 37.7 Å². The van der Waals surface area contributed by atoms with Crippen LogP contribution in [0.1, 0.15) is 36.5 Å². The van der Waals surface area contributed by atoms with Crippen LogP contribution in [0.25, 0.3) is 10.2 Å². The first-order valence-electron chi connectivity index (χ1n) is 8.12. The number of aromatic nitrogens is 5. The summed E-state index contributed by atoms with van der Waals surface area (Å²) >= 11 is 1.82. The quantitative estimate of drug-likeness (QED) is 0.797. The van der Waals surface area contributed by atoms with E-state index in [-0.39, 0.29) is 0 Å². The molecule has 3 heterocycles. The van der Waals surface area contributed by atoms with Crippen molar-refractivity contribution >= 4 is 27.4 Å². The fourth-order valence-corrected chi connectivity index (χ4v) is 4.60. The smallest absolute Gasteiger partial charge is 0.152 e. The Hall–Kier alpha value is -2.02. The summed E-state index contributed by atoms with van der Waals surface area (Å²) in [6.45, 7) is 5.91. The average Bonchev–Trinajstić information content (AvgIpc) is 3.15. The van der Waals surface area contributed by atoms with Gasteiger partial charge < -0.3 is 9.88 Å². The number of nitrogens with one attached hydrogen (secondary N) is 1. The zero-order valence-electron chi connectivity index (χ0n) is 13.4. The van der Waals surface area contributed by atoms with E-state index in [0.29, 0.717) is 6.54 Å². The first kappa shape index (κ1) is 14.6. The molecule has 0 spiro atoms. The summed E-state index contributed by atoms with van der Waals surface area (Å²) < 4.78 is 2.04. The number of fused-ring (bicyclic) bond motifs is 3. The molecule has 7 heteroatoms. The third-order valence-corrected chi connectivity index (χ3v) is 5.70. The van der Waals surface area contributed by atoms with E-state index in [1.165, 1.54) is 28.7 Å². The molecule has 0 bridgehead atoms. The van der Waals surface area contributed by atoms with Gasteiger partial charge in [0.15, 0.2) is 5.82 Å². The number of hydrogen-bond acceptors (Lipinski definition) is 6. The van der Waals surface area contributed by atoms with Gasteiger partial charge in [-0.3, -0.25) is 0 Å². The van der Waals surface area contributed by atoms with Gasteiger partial charge in [-0.25, -0.2) is 9.97 Å². The van der Waals surface area contributed by atoms with Crippen molar-refractivity contribution in [2.75, 3.05) is 5.32 Å². The highest BCUT2D eigenvalue weighted by atomic mass is 32.1. The van der Waals surface area contributed by atoms with Crippen molar-refractivity contribution in [2.45, 2.75) is 46.2 Å². The Morgan fingerprint density at radius 2 is 2.30 bits per heavy atom. The fourth-order valence-electron chi connectivity index (χ4n) is 3.25. The van der Waals surface area contributed by atoms with Gasteiger partial charge in [0, 0.05) is 11.4 Å². The average molecular weight is 328 g/mol. The van der Waals surface area contributed by atoms with Gasteiger partial charge in [-0.2, -0.15) is 0 Å². The molecule has 0 fully saturated rings. The van der Waals surface area contributed by atoms with Crippen molar-refractivity contribution < 1.29 is 0 Å². The molecule has 1 atom stereocenters. The Bertz CT molecular complexity index is 836. The summed E-state index contributed by atoms with van der Waals surface area (Å²) in [5.41, 5.74) is 1.45. The predicted octanol–water partition coefficient (Wildman–Crippen LogP) is 3.04. The van der Waals surface area contributed by atoms with Gasteiger partial charge >= 0.3 is 0 Å². The predicted molar refractivity (Wildman–Crippen MR) is 91.6 cm³/mol. The van der Waals surface area contributed by atoms with Crippen LogP contribution in [-0.4, -0.2) is 24.7 Å². The lowest BCUT2D eigenvalue weighted by Gasteiger charge is -2.18. The summed E-state index contributed by atoms with van der Waals surface area (Å²) in [6.07, 6.45) is 6.96. The molecule has 0 unspecified atom stereocenters. The van der Waals surface area contributed by atoms with Crippen LogP contribution < -0.4 is 5.32 Å². The lowest BCUT2D eigenvalue weighted by Crippen LogP contribution is -2.11. The van der Waals surface area contributed by atoms with Gasteiger partial charge in [0.25, 0.3) is 0 Å². The van der Waals surface area contributed by atoms with E-state index >= 15 is 0 Å². The maximum atomic E-state index is 4.49. The summed E-state index contributed by atoms with van der Waals surface area (Å²) in [5.74, 6) is 2.62. The minimum atomic E-state index is 0.626. The van der Waals surface area contributed by atoms with E-state index in [2.05, 4.69) is 39.3 Å².